The number of halogens is 1. The standard InChI is InChI=1S/C18H33N5O2.HI/c1-4-19-18(22-15(2)13-25-17-7-12-24-14-17)21-8-5-6-10-23-11-9-20-16(23)3;/h9,11,15,17H,4-8,10,12-14H2,1-3H3,(H2,19,21,22);1H. The summed E-state index contributed by atoms with van der Waals surface area (Å²) in [7, 11) is 0. The van der Waals surface area contributed by atoms with Gasteiger partial charge in [-0.15, -0.1) is 24.0 Å². The van der Waals surface area contributed by atoms with Crippen LogP contribution in [-0.2, 0) is 16.0 Å². The lowest BCUT2D eigenvalue weighted by Gasteiger charge is -2.19. The van der Waals surface area contributed by atoms with Gasteiger partial charge in [0, 0.05) is 44.7 Å². The highest BCUT2D eigenvalue weighted by atomic mass is 127. The maximum atomic E-state index is 5.86. The number of hydrogen-bond acceptors (Lipinski definition) is 4. The van der Waals surface area contributed by atoms with Crippen LogP contribution >= 0.6 is 24.0 Å². The number of imidazole rings is 1. The topological polar surface area (TPSA) is 72.7 Å². The Morgan fingerprint density at radius 1 is 1.50 bits per heavy atom. The van der Waals surface area contributed by atoms with Gasteiger partial charge in [0.05, 0.1) is 19.3 Å². The lowest BCUT2D eigenvalue weighted by atomic mass is 10.3. The summed E-state index contributed by atoms with van der Waals surface area (Å²) in [6, 6.07) is 0.215. The Hall–Kier alpha value is -0.870. The van der Waals surface area contributed by atoms with Gasteiger partial charge in [-0.1, -0.05) is 0 Å². The Labute approximate surface area is 174 Å². The van der Waals surface area contributed by atoms with Gasteiger partial charge in [-0.25, -0.2) is 4.98 Å². The molecule has 7 nitrogen and oxygen atoms in total. The molecule has 0 radical (unpaired) electrons. The first-order chi connectivity index (χ1) is 12.2. The van der Waals surface area contributed by atoms with E-state index in [0.29, 0.717) is 6.61 Å². The molecule has 1 fully saturated rings. The monoisotopic (exact) mass is 479 g/mol. The molecular weight excluding hydrogens is 445 g/mol. The Morgan fingerprint density at radius 3 is 3.00 bits per heavy atom. The summed E-state index contributed by atoms with van der Waals surface area (Å²) in [4.78, 5) is 8.91. The lowest BCUT2D eigenvalue weighted by Crippen LogP contribution is -2.44. The number of ether oxygens (including phenoxy) is 2. The molecule has 2 rings (SSSR count). The Kier molecular flexibility index (Phi) is 11.9. The van der Waals surface area contributed by atoms with E-state index in [1.807, 2.05) is 19.3 Å². The van der Waals surface area contributed by atoms with E-state index in [-0.39, 0.29) is 36.1 Å². The quantitative estimate of drug-likeness (QED) is 0.233. The van der Waals surface area contributed by atoms with Gasteiger partial charge in [0.15, 0.2) is 5.96 Å². The van der Waals surface area contributed by atoms with Crippen molar-refractivity contribution < 1.29 is 9.47 Å². The molecule has 1 aliphatic rings. The van der Waals surface area contributed by atoms with E-state index in [2.05, 4.69) is 39.0 Å². The van der Waals surface area contributed by atoms with E-state index in [4.69, 9.17) is 9.47 Å². The van der Waals surface area contributed by atoms with Crippen LogP contribution in [-0.4, -0.2) is 60.6 Å². The highest BCUT2D eigenvalue weighted by Crippen LogP contribution is 2.08. The maximum absolute atomic E-state index is 5.86. The molecule has 2 atom stereocenters. The number of aryl methyl sites for hydroxylation is 2. The van der Waals surface area contributed by atoms with E-state index in [1.54, 1.807) is 0 Å². The van der Waals surface area contributed by atoms with Crippen molar-refractivity contribution in [1.29, 1.82) is 0 Å². The molecule has 0 bridgehead atoms. The van der Waals surface area contributed by atoms with Gasteiger partial charge in [-0.3, -0.25) is 4.99 Å². The van der Waals surface area contributed by atoms with Crippen molar-refractivity contribution in [2.75, 3.05) is 32.9 Å². The first kappa shape index (κ1) is 23.2. The fourth-order valence-electron chi connectivity index (χ4n) is 2.74. The lowest BCUT2D eigenvalue weighted by molar-refractivity contribution is 0.0347. The minimum absolute atomic E-state index is 0. The zero-order valence-corrected chi connectivity index (χ0v) is 18.6. The fourth-order valence-corrected chi connectivity index (χ4v) is 2.74. The second-order valence-electron chi connectivity index (χ2n) is 6.50. The van der Waals surface area contributed by atoms with Crippen molar-refractivity contribution in [2.24, 2.45) is 4.99 Å². The van der Waals surface area contributed by atoms with Gasteiger partial charge in [0.25, 0.3) is 0 Å². The summed E-state index contributed by atoms with van der Waals surface area (Å²) in [5.41, 5.74) is 0. The van der Waals surface area contributed by atoms with Crippen LogP contribution in [0, 0.1) is 6.92 Å². The molecule has 0 amide bonds. The molecule has 0 aliphatic carbocycles. The minimum atomic E-state index is 0. The van der Waals surface area contributed by atoms with Crippen molar-refractivity contribution >= 4 is 29.9 Å². The van der Waals surface area contributed by atoms with Gasteiger partial charge < -0.3 is 24.7 Å². The fraction of sp³-hybridized carbons (Fsp3) is 0.778. The van der Waals surface area contributed by atoms with E-state index in [1.165, 1.54) is 0 Å². The zero-order valence-electron chi connectivity index (χ0n) is 16.2. The number of unbranched alkanes of at least 4 members (excludes halogenated alkanes) is 1. The van der Waals surface area contributed by atoms with Gasteiger partial charge in [0.1, 0.15) is 5.82 Å². The minimum Gasteiger partial charge on any atom is -0.379 e. The van der Waals surface area contributed by atoms with Crippen molar-refractivity contribution in [3.63, 3.8) is 0 Å². The third-order valence-corrected chi connectivity index (χ3v) is 4.20. The molecule has 2 unspecified atom stereocenters. The van der Waals surface area contributed by atoms with Crippen LogP contribution in [0.2, 0.25) is 0 Å². The molecular formula is C18H34IN5O2. The second kappa shape index (κ2) is 13.3. The number of nitrogens with one attached hydrogen (secondary N) is 2. The third-order valence-electron chi connectivity index (χ3n) is 4.20. The number of aromatic nitrogens is 2. The van der Waals surface area contributed by atoms with Crippen LogP contribution in [0.5, 0.6) is 0 Å². The van der Waals surface area contributed by atoms with Crippen LogP contribution < -0.4 is 10.6 Å². The molecule has 2 N–H and O–H groups in total. The van der Waals surface area contributed by atoms with E-state index in [9.17, 15) is 0 Å². The number of nitrogens with zero attached hydrogens (tertiary/aromatic N) is 3. The number of rotatable bonds is 10. The normalized spacial score (nSPS) is 18.4. The average molecular weight is 479 g/mol. The molecule has 1 aromatic heterocycles. The smallest absolute Gasteiger partial charge is 0.191 e. The van der Waals surface area contributed by atoms with Gasteiger partial charge >= 0.3 is 0 Å². The third kappa shape index (κ3) is 8.68. The Morgan fingerprint density at radius 2 is 2.35 bits per heavy atom. The summed E-state index contributed by atoms with van der Waals surface area (Å²) in [6.45, 7) is 11.1. The van der Waals surface area contributed by atoms with E-state index < -0.39 is 0 Å². The molecule has 0 spiro atoms. The zero-order chi connectivity index (χ0) is 17.9. The van der Waals surface area contributed by atoms with Gasteiger partial charge in [-0.05, 0) is 40.0 Å². The molecule has 2 heterocycles. The average Bonchev–Trinajstić information content (AvgIpc) is 3.25. The molecule has 8 heteroatoms. The van der Waals surface area contributed by atoms with E-state index >= 15 is 0 Å². The predicted molar refractivity (Wildman–Crippen MR) is 115 cm³/mol. The van der Waals surface area contributed by atoms with Crippen LogP contribution in [0.4, 0.5) is 0 Å². The van der Waals surface area contributed by atoms with Crippen LogP contribution in [0.3, 0.4) is 0 Å². The first-order valence-corrected chi connectivity index (χ1v) is 9.41. The molecule has 1 aliphatic heterocycles. The Bertz CT molecular complexity index is 517. The Balaban J connectivity index is 0.00000338. The SMILES string of the molecule is CCNC(=NCCCCn1ccnc1C)NC(C)COC1CCOC1.I. The second-order valence-corrected chi connectivity index (χ2v) is 6.50. The molecule has 1 saturated heterocycles. The first-order valence-electron chi connectivity index (χ1n) is 9.41. The largest absolute Gasteiger partial charge is 0.379 e. The molecule has 26 heavy (non-hydrogen) atoms. The molecule has 0 saturated carbocycles. The van der Waals surface area contributed by atoms with E-state index in [0.717, 1.165) is 63.9 Å². The van der Waals surface area contributed by atoms with Crippen LogP contribution in [0.15, 0.2) is 17.4 Å². The van der Waals surface area contributed by atoms with Crippen molar-refractivity contribution in [3.8, 4) is 0 Å². The van der Waals surface area contributed by atoms with Crippen LogP contribution in [0.25, 0.3) is 0 Å². The molecule has 150 valence electrons. The summed E-state index contributed by atoms with van der Waals surface area (Å²) < 4.78 is 13.4. The van der Waals surface area contributed by atoms with Gasteiger partial charge in [0.2, 0.25) is 0 Å². The van der Waals surface area contributed by atoms with Gasteiger partial charge in [-0.2, -0.15) is 0 Å². The predicted octanol–water partition coefficient (Wildman–Crippen LogP) is 2.34. The summed E-state index contributed by atoms with van der Waals surface area (Å²) in [5.74, 6) is 1.93. The molecule has 0 aromatic carbocycles. The highest BCUT2D eigenvalue weighted by Gasteiger charge is 2.17. The highest BCUT2D eigenvalue weighted by molar-refractivity contribution is 14.0. The van der Waals surface area contributed by atoms with Crippen molar-refractivity contribution in [2.45, 2.75) is 58.7 Å². The number of hydrogen-bond donors (Lipinski definition) is 2. The van der Waals surface area contributed by atoms with Crippen molar-refractivity contribution in [1.82, 2.24) is 20.2 Å². The maximum Gasteiger partial charge on any atom is 0.191 e. The number of aliphatic imine (C=N–C) groups is 1. The van der Waals surface area contributed by atoms with Crippen LogP contribution in [0.1, 0.15) is 38.9 Å². The summed E-state index contributed by atoms with van der Waals surface area (Å²) in [5, 5.41) is 6.71. The summed E-state index contributed by atoms with van der Waals surface area (Å²) in [6.07, 6.45) is 7.27. The summed E-state index contributed by atoms with van der Waals surface area (Å²) >= 11 is 0. The number of guanidine groups is 1. The van der Waals surface area contributed by atoms with Crippen molar-refractivity contribution in [3.05, 3.63) is 18.2 Å². The molecule has 1 aromatic rings.